The number of likely N-dealkylation sites (N-methyl/N-ethyl adjacent to an activating group) is 2. The number of nitrogens with one attached hydrogen (secondary N) is 1. The Morgan fingerprint density at radius 3 is 2.59 bits per heavy atom. The first kappa shape index (κ1) is 14.4. The predicted molar refractivity (Wildman–Crippen MR) is 67.8 cm³/mol. The molecule has 0 aromatic heterocycles. The fourth-order valence-electron chi connectivity index (χ4n) is 2.21. The lowest BCUT2D eigenvalue weighted by Crippen LogP contribution is -2.42. The molecule has 0 aromatic carbocycles. The van der Waals surface area contributed by atoms with E-state index in [1.54, 1.807) is 19.0 Å². The standard InChI is InChI=1S/C12H25N3O2/c1-14(2)12(17)11-5-4-10(13-11)6-7-15(3)8-9-16/h10-11,13,16H,4-9H2,1-3H3. The summed E-state index contributed by atoms with van der Waals surface area (Å²) in [7, 11) is 5.60. The zero-order valence-electron chi connectivity index (χ0n) is 11.1. The molecule has 5 nitrogen and oxygen atoms in total. The van der Waals surface area contributed by atoms with Gasteiger partial charge in [-0.15, -0.1) is 0 Å². The number of rotatable bonds is 6. The van der Waals surface area contributed by atoms with Crippen LogP contribution in [-0.2, 0) is 4.79 Å². The van der Waals surface area contributed by atoms with Gasteiger partial charge >= 0.3 is 0 Å². The fourth-order valence-corrected chi connectivity index (χ4v) is 2.21. The van der Waals surface area contributed by atoms with Crippen LogP contribution in [0.4, 0.5) is 0 Å². The molecule has 0 spiro atoms. The summed E-state index contributed by atoms with van der Waals surface area (Å²) >= 11 is 0. The van der Waals surface area contributed by atoms with E-state index in [0.29, 0.717) is 12.6 Å². The van der Waals surface area contributed by atoms with Crippen molar-refractivity contribution in [3.63, 3.8) is 0 Å². The average Bonchev–Trinajstić information content (AvgIpc) is 2.74. The van der Waals surface area contributed by atoms with Crippen molar-refractivity contribution in [2.75, 3.05) is 40.8 Å². The van der Waals surface area contributed by atoms with Crippen molar-refractivity contribution in [1.82, 2.24) is 15.1 Å². The molecule has 0 bridgehead atoms. The molecule has 2 unspecified atom stereocenters. The van der Waals surface area contributed by atoms with E-state index in [2.05, 4.69) is 10.2 Å². The van der Waals surface area contributed by atoms with Gasteiger partial charge in [-0.3, -0.25) is 4.79 Å². The van der Waals surface area contributed by atoms with Crippen LogP contribution in [0, 0.1) is 0 Å². The molecule has 1 saturated heterocycles. The smallest absolute Gasteiger partial charge is 0.239 e. The summed E-state index contributed by atoms with van der Waals surface area (Å²) in [4.78, 5) is 15.5. The minimum Gasteiger partial charge on any atom is -0.395 e. The van der Waals surface area contributed by atoms with Gasteiger partial charge in [-0.25, -0.2) is 0 Å². The second kappa shape index (κ2) is 6.93. The third kappa shape index (κ3) is 4.61. The molecule has 100 valence electrons. The van der Waals surface area contributed by atoms with Crippen molar-refractivity contribution in [1.29, 1.82) is 0 Å². The molecule has 0 aliphatic carbocycles. The highest BCUT2D eigenvalue weighted by molar-refractivity contribution is 5.81. The summed E-state index contributed by atoms with van der Waals surface area (Å²) < 4.78 is 0. The van der Waals surface area contributed by atoms with Gasteiger partial charge in [-0.05, 0) is 32.9 Å². The Bertz CT molecular complexity index is 246. The van der Waals surface area contributed by atoms with Gasteiger partial charge in [0, 0.05) is 26.7 Å². The normalized spacial score (nSPS) is 24.3. The molecule has 2 atom stereocenters. The molecule has 17 heavy (non-hydrogen) atoms. The Balaban J connectivity index is 2.24. The van der Waals surface area contributed by atoms with E-state index in [4.69, 9.17) is 5.11 Å². The first-order valence-electron chi connectivity index (χ1n) is 6.31. The largest absolute Gasteiger partial charge is 0.395 e. The number of hydrogen-bond donors (Lipinski definition) is 2. The molecule has 2 N–H and O–H groups in total. The Hall–Kier alpha value is -0.650. The number of nitrogens with zero attached hydrogens (tertiary/aromatic N) is 2. The third-order valence-electron chi connectivity index (χ3n) is 3.32. The molecular formula is C12H25N3O2. The number of amides is 1. The maximum atomic E-state index is 11.8. The lowest BCUT2D eigenvalue weighted by atomic mass is 10.1. The van der Waals surface area contributed by atoms with Crippen LogP contribution in [0.5, 0.6) is 0 Å². The van der Waals surface area contributed by atoms with Gasteiger partial charge in [0.1, 0.15) is 0 Å². The molecule has 0 radical (unpaired) electrons. The summed E-state index contributed by atoms with van der Waals surface area (Å²) in [6, 6.07) is 0.434. The summed E-state index contributed by atoms with van der Waals surface area (Å²) in [5.41, 5.74) is 0. The van der Waals surface area contributed by atoms with E-state index in [9.17, 15) is 4.79 Å². The molecule has 1 aliphatic rings. The molecule has 0 saturated carbocycles. The minimum absolute atomic E-state index is 0.00171. The molecule has 1 fully saturated rings. The number of carbonyl (C=O) groups excluding carboxylic acids is 1. The number of hydrogen-bond acceptors (Lipinski definition) is 4. The fraction of sp³-hybridized carbons (Fsp3) is 0.917. The molecular weight excluding hydrogens is 218 g/mol. The summed E-state index contributed by atoms with van der Waals surface area (Å²) in [5, 5.41) is 12.2. The van der Waals surface area contributed by atoms with Crippen molar-refractivity contribution in [3.8, 4) is 0 Å². The highest BCUT2D eigenvalue weighted by atomic mass is 16.3. The van der Waals surface area contributed by atoms with Gasteiger partial charge in [-0.1, -0.05) is 0 Å². The van der Waals surface area contributed by atoms with Crippen LogP contribution < -0.4 is 5.32 Å². The lowest BCUT2D eigenvalue weighted by Gasteiger charge is -2.20. The second-order valence-corrected chi connectivity index (χ2v) is 5.04. The van der Waals surface area contributed by atoms with Crippen LogP contribution in [-0.4, -0.2) is 73.7 Å². The SMILES string of the molecule is CN(CCO)CCC1CCC(C(=O)N(C)C)N1. The van der Waals surface area contributed by atoms with Gasteiger partial charge in [0.25, 0.3) is 0 Å². The lowest BCUT2D eigenvalue weighted by molar-refractivity contribution is -0.130. The highest BCUT2D eigenvalue weighted by Crippen LogP contribution is 2.16. The zero-order chi connectivity index (χ0) is 12.8. The van der Waals surface area contributed by atoms with Gasteiger partial charge in [0.2, 0.25) is 5.91 Å². The number of aliphatic hydroxyl groups excluding tert-OH is 1. The molecule has 0 aromatic rings. The monoisotopic (exact) mass is 243 g/mol. The number of aliphatic hydroxyl groups is 1. The first-order chi connectivity index (χ1) is 8.04. The van der Waals surface area contributed by atoms with Gasteiger partial charge in [0.05, 0.1) is 12.6 Å². The van der Waals surface area contributed by atoms with E-state index < -0.39 is 0 Å². The van der Waals surface area contributed by atoms with Crippen LogP contribution in [0.25, 0.3) is 0 Å². The summed E-state index contributed by atoms with van der Waals surface area (Å²) in [6.45, 7) is 1.88. The Kier molecular flexibility index (Phi) is 5.88. The maximum absolute atomic E-state index is 11.8. The van der Waals surface area contributed by atoms with Crippen molar-refractivity contribution >= 4 is 5.91 Å². The van der Waals surface area contributed by atoms with Crippen molar-refractivity contribution in [2.45, 2.75) is 31.3 Å². The van der Waals surface area contributed by atoms with Crippen LogP contribution in [0.2, 0.25) is 0 Å². The number of carbonyl (C=O) groups is 1. The predicted octanol–water partition coefficient (Wildman–Crippen LogP) is -0.491. The average molecular weight is 243 g/mol. The van der Waals surface area contributed by atoms with Crippen LogP contribution in [0.3, 0.4) is 0 Å². The maximum Gasteiger partial charge on any atom is 0.239 e. The van der Waals surface area contributed by atoms with E-state index in [1.165, 1.54) is 0 Å². The van der Waals surface area contributed by atoms with Gasteiger partial charge in [0.15, 0.2) is 0 Å². The topological polar surface area (TPSA) is 55.8 Å². The van der Waals surface area contributed by atoms with E-state index >= 15 is 0 Å². The molecule has 1 aliphatic heterocycles. The van der Waals surface area contributed by atoms with E-state index in [-0.39, 0.29) is 18.6 Å². The van der Waals surface area contributed by atoms with Crippen LogP contribution in [0.15, 0.2) is 0 Å². The Morgan fingerprint density at radius 1 is 1.29 bits per heavy atom. The Morgan fingerprint density at radius 2 is 2.00 bits per heavy atom. The summed E-state index contributed by atoms with van der Waals surface area (Å²) in [6.07, 6.45) is 3.04. The van der Waals surface area contributed by atoms with Crippen molar-refractivity contribution in [2.24, 2.45) is 0 Å². The molecule has 1 rings (SSSR count). The Labute approximate surface area is 104 Å². The van der Waals surface area contributed by atoms with E-state index in [1.807, 2.05) is 7.05 Å². The van der Waals surface area contributed by atoms with Crippen molar-refractivity contribution in [3.05, 3.63) is 0 Å². The quantitative estimate of drug-likeness (QED) is 0.661. The molecule has 1 amide bonds. The first-order valence-corrected chi connectivity index (χ1v) is 6.31. The highest BCUT2D eigenvalue weighted by Gasteiger charge is 2.29. The zero-order valence-corrected chi connectivity index (χ0v) is 11.1. The second-order valence-electron chi connectivity index (χ2n) is 5.04. The minimum atomic E-state index is -0.00171. The molecule has 5 heteroatoms. The van der Waals surface area contributed by atoms with Crippen molar-refractivity contribution < 1.29 is 9.90 Å². The van der Waals surface area contributed by atoms with Gasteiger partial charge in [-0.2, -0.15) is 0 Å². The van der Waals surface area contributed by atoms with Crippen LogP contribution >= 0.6 is 0 Å². The third-order valence-corrected chi connectivity index (χ3v) is 3.32. The van der Waals surface area contributed by atoms with E-state index in [0.717, 1.165) is 25.8 Å². The van der Waals surface area contributed by atoms with Gasteiger partial charge < -0.3 is 20.2 Å². The van der Waals surface area contributed by atoms with Crippen LogP contribution in [0.1, 0.15) is 19.3 Å². The molecule has 1 heterocycles. The summed E-state index contributed by atoms with van der Waals surface area (Å²) in [5.74, 6) is 0.177.